The van der Waals surface area contributed by atoms with E-state index >= 15 is 0 Å². The lowest BCUT2D eigenvalue weighted by molar-refractivity contribution is -0.0488. The summed E-state index contributed by atoms with van der Waals surface area (Å²) in [5.74, 6) is -1.27. The molecule has 40 heavy (non-hydrogen) atoms. The fourth-order valence-electron chi connectivity index (χ4n) is 5.05. The Morgan fingerprint density at radius 3 is 2.80 bits per heavy atom. The zero-order valence-corrected chi connectivity index (χ0v) is 22.1. The standard InChI is InChI=1S/C23H28FN6O9P/c1-36-23(33)15-5-11(2-3-26-15)13-4-12(6-31)14(13)7-37-40(34,35)38-8-16-19(32)17(24)22(39-16)30-10-29-18-20(25)27-9-28-21(18)30/h2-3,5,9-10,12-14,16-17,19,22,31-32H,4,6-8H2,1H3,(H,34,35)(H2,25,27,28)/t12-,13+,14-,16-,17-,19-,22-/m1/s1. The van der Waals surface area contributed by atoms with Crippen LogP contribution in [-0.4, -0.2) is 90.9 Å². The van der Waals surface area contributed by atoms with Crippen molar-refractivity contribution in [1.29, 1.82) is 0 Å². The second-order valence-electron chi connectivity index (χ2n) is 9.56. The molecule has 3 aromatic heterocycles. The van der Waals surface area contributed by atoms with Gasteiger partial charge >= 0.3 is 13.8 Å². The summed E-state index contributed by atoms with van der Waals surface area (Å²) in [5.41, 5.74) is 7.03. The number of nitrogens with two attached hydrogens (primary N) is 1. The molecule has 1 saturated heterocycles. The third kappa shape index (κ3) is 5.43. The molecule has 4 heterocycles. The number of phosphoric acid groups is 1. The molecule has 216 valence electrons. The van der Waals surface area contributed by atoms with Crippen molar-refractivity contribution in [2.75, 3.05) is 32.7 Å². The molecule has 5 rings (SSSR count). The number of esters is 1. The van der Waals surface area contributed by atoms with Crippen LogP contribution < -0.4 is 5.73 Å². The Balaban J connectivity index is 1.20. The molecule has 1 saturated carbocycles. The minimum absolute atomic E-state index is 0.0842. The van der Waals surface area contributed by atoms with E-state index in [0.717, 1.165) is 5.56 Å². The monoisotopic (exact) mass is 582 g/mol. The maximum atomic E-state index is 15.0. The number of aromatic nitrogens is 5. The quantitative estimate of drug-likeness (QED) is 0.192. The van der Waals surface area contributed by atoms with Gasteiger partial charge in [-0.15, -0.1) is 0 Å². The third-order valence-corrected chi connectivity index (χ3v) is 8.26. The van der Waals surface area contributed by atoms with E-state index in [-0.39, 0.29) is 53.6 Å². The molecule has 0 amide bonds. The first kappa shape index (κ1) is 28.4. The van der Waals surface area contributed by atoms with Gasteiger partial charge in [0.05, 0.1) is 26.7 Å². The summed E-state index contributed by atoms with van der Waals surface area (Å²) in [4.78, 5) is 38.0. The number of aliphatic hydroxyl groups is 2. The van der Waals surface area contributed by atoms with Gasteiger partial charge in [0.15, 0.2) is 23.9 Å². The van der Waals surface area contributed by atoms with E-state index in [4.69, 9.17) is 24.3 Å². The van der Waals surface area contributed by atoms with E-state index in [1.165, 1.54) is 30.5 Å². The minimum Gasteiger partial charge on any atom is -0.464 e. The number of methoxy groups -OCH3 is 1. The molecule has 3 aromatic rings. The van der Waals surface area contributed by atoms with Crippen molar-refractivity contribution in [3.63, 3.8) is 0 Å². The number of pyridine rings is 1. The maximum Gasteiger partial charge on any atom is 0.472 e. The minimum atomic E-state index is -4.67. The van der Waals surface area contributed by atoms with E-state index in [1.807, 2.05) is 0 Å². The highest BCUT2D eigenvalue weighted by Gasteiger charge is 2.47. The van der Waals surface area contributed by atoms with Crippen LogP contribution in [0.4, 0.5) is 10.2 Å². The maximum absolute atomic E-state index is 15.0. The number of halogens is 1. The fourth-order valence-corrected chi connectivity index (χ4v) is 5.82. The summed E-state index contributed by atoms with van der Waals surface area (Å²) in [6, 6.07) is 3.28. The zero-order chi connectivity index (χ0) is 28.6. The number of carbonyl (C=O) groups is 1. The van der Waals surface area contributed by atoms with Crippen LogP contribution in [0.5, 0.6) is 0 Å². The molecule has 0 bridgehead atoms. The van der Waals surface area contributed by atoms with Crippen molar-refractivity contribution in [2.24, 2.45) is 11.8 Å². The summed E-state index contributed by atoms with van der Waals surface area (Å²) in [6.07, 6.45) is -1.84. The molecule has 0 radical (unpaired) electrons. The number of nitrogen functional groups attached to an aromatic ring is 1. The van der Waals surface area contributed by atoms with Crippen LogP contribution in [0, 0.1) is 11.8 Å². The van der Waals surface area contributed by atoms with Gasteiger partial charge in [-0.05, 0) is 41.9 Å². The number of ether oxygens (including phenoxy) is 2. The van der Waals surface area contributed by atoms with Crippen LogP contribution in [-0.2, 0) is 23.1 Å². The predicted octanol–water partition coefficient (Wildman–Crippen LogP) is 0.732. The first-order chi connectivity index (χ1) is 19.1. The molecule has 17 heteroatoms. The Labute approximate surface area is 226 Å². The lowest BCUT2D eigenvalue weighted by Crippen LogP contribution is -2.40. The Morgan fingerprint density at radius 1 is 1.27 bits per heavy atom. The second-order valence-corrected chi connectivity index (χ2v) is 11.0. The number of anilines is 1. The highest BCUT2D eigenvalue weighted by Crippen LogP contribution is 2.51. The van der Waals surface area contributed by atoms with Gasteiger partial charge < -0.3 is 30.3 Å². The zero-order valence-electron chi connectivity index (χ0n) is 21.2. The number of carbonyl (C=O) groups excluding carboxylic acids is 1. The van der Waals surface area contributed by atoms with Crippen molar-refractivity contribution in [3.05, 3.63) is 42.2 Å². The van der Waals surface area contributed by atoms with Gasteiger partial charge in [0.2, 0.25) is 0 Å². The SMILES string of the molecule is COC(=O)c1cc([C@@H]2C[C@H](CO)[C@H]2COP(=O)(O)OC[C@H]2O[C@@H](n3cnc4c(N)ncnc43)[C@H](F)[C@@H]2O)ccn1. The summed E-state index contributed by atoms with van der Waals surface area (Å²) >= 11 is 0. The molecule has 5 N–H and O–H groups in total. The van der Waals surface area contributed by atoms with Crippen LogP contribution in [0.1, 0.15) is 34.6 Å². The molecule has 0 spiro atoms. The number of rotatable bonds is 10. The number of fused-ring (bicyclic) bond motifs is 1. The molecular formula is C23H28FN6O9P. The molecular weight excluding hydrogens is 554 g/mol. The highest BCUT2D eigenvalue weighted by atomic mass is 31.2. The topological polar surface area (TPSA) is 214 Å². The van der Waals surface area contributed by atoms with Crippen LogP contribution in [0.3, 0.4) is 0 Å². The number of phosphoric ester groups is 1. The smallest absolute Gasteiger partial charge is 0.464 e. The van der Waals surface area contributed by atoms with Gasteiger partial charge in [0.1, 0.15) is 29.7 Å². The third-order valence-electron chi connectivity index (χ3n) is 7.31. The number of imidazole rings is 1. The van der Waals surface area contributed by atoms with Crippen molar-refractivity contribution in [1.82, 2.24) is 24.5 Å². The first-order valence-electron chi connectivity index (χ1n) is 12.3. The van der Waals surface area contributed by atoms with Gasteiger partial charge in [0.25, 0.3) is 0 Å². The van der Waals surface area contributed by atoms with E-state index in [0.29, 0.717) is 6.42 Å². The Morgan fingerprint density at radius 2 is 2.05 bits per heavy atom. The Kier molecular flexibility index (Phi) is 8.10. The molecule has 2 fully saturated rings. The molecule has 8 atom stereocenters. The number of aliphatic hydroxyl groups excluding tert-OH is 2. The van der Waals surface area contributed by atoms with Crippen LogP contribution in [0.15, 0.2) is 31.0 Å². The van der Waals surface area contributed by atoms with E-state index in [1.54, 1.807) is 12.1 Å². The average molecular weight is 582 g/mol. The Bertz CT molecular complexity index is 1430. The van der Waals surface area contributed by atoms with Gasteiger partial charge in [-0.2, -0.15) is 0 Å². The van der Waals surface area contributed by atoms with E-state index in [2.05, 4.69) is 19.9 Å². The number of hydrogen-bond donors (Lipinski definition) is 4. The van der Waals surface area contributed by atoms with Gasteiger partial charge in [-0.25, -0.2) is 33.7 Å². The van der Waals surface area contributed by atoms with Crippen molar-refractivity contribution < 1.29 is 47.4 Å². The van der Waals surface area contributed by atoms with E-state index in [9.17, 15) is 28.9 Å². The summed E-state index contributed by atoms with van der Waals surface area (Å²) in [6.45, 7) is -1.07. The summed E-state index contributed by atoms with van der Waals surface area (Å²) < 4.78 is 49.4. The van der Waals surface area contributed by atoms with Crippen molar-refractivity contribution in [2.45, 2.75) is 36.9 Å². The number of alkyl halides is 1. The average Bonchev–Trinajstić information content (AvgIpc) is 3.48. The molecule has 1 unspecified atom stereocenters. The van der Waals surface area contributed by atoms with Crippen LogP contribution in [0.25, 0.3) is 11.2 Å². The molecule has 1 aliphatic heterocycles. The van der Waals surface area contributed by atoms with Crippen LogP contribution in [0.2, 0.25) is 0 Å². The van der Waals surface area contributed by atoms with Gasteiger partial charge in [0, 0.05) is 12.8 Å². The van der Waals surface area contributed by atoms with Crippen molar-refractivity contribution >= 4 is 30.8 Å². The van der Waals surface area contributed by atoms with Gasteiger partial charge in [-0.3, -0.25) is 13.6 Å². The normalized spacial score (nSPS) is 29.7. The molecule has 1 aliphatic carbocycles. The summed E-state index contributed by atoms with van der Waals surface area (Å²) in [7, 11) is -3.43. The first-order valence-corrected chi connectivity index (χ1v) is 13.8. The second kappa shape index (κ2) is 11.4. The number of hydrogen-bond acceptors (Lipinski definition) is 13. The molecule has 0 aromatic carbocycles. The van der Waals surface area contributed by atoms with E-state index < -0.39 is 45.0 Å². The predicted molar refractivity (Wildman–Crippen MR) is 133 cm³/mol. The molecule has 2 aliphatic rings. The highest BCUT2D eigenvalue weighted by molar-refractivity contribution is 7.47. The van der Waals surface area contributed by atoms with Crippen LogP contribution >= 0.6 is 7.82 Å². The largest absolute Gasteiger partial charge is 0.472 e. The Hall–Kier alpha value is -3.11. The number of nitrogens with zero attached hydrogens (tertiary/aromatic N) is 5. The fraction of sp³-hybridized carbons (Fsp3) is 0.522. The summed E-state index contributed by atoms with van der Waals surface area (Å²) in [5, 5.41) is 20.1. The lowest BCUT2D eigenvalue weighted by atomic mass is 9.63. The lowest BCUT2D eigenvalue weighted by Gasteiger charge is -2.44. The molecule has 15 nitrogen and oxygen atoms in total. The van der Waals surface area contributed by atoms with Gasteiger partial charge in [-0.1, -0.05) is 0 Å². The van der Waals surface area contributed by atoms with Crippen molar-refractivity contribution in [3.8, 4) is 0 Å².